The number of nitrogens with one attached hydrogen (secondary N) is 2. The number of anilines is 2. The zero-order chi connectivity index (χ0) is 21.5. The lowest BCUT2D eigenvalue weighted by Gasteiger charge is -2.16. The normalized spacial score (nSPS) is 10.5. The minimum absolute atomic E-state index is 0.188. The van der Waals surface area contributed by atoms with Crippen molar-refractivity contribution in [1.82, 2.24) is 25.1 Å². The summed E-state index contributed by atoms with van der Waals surface area (Å²) >= 11 is 1.29. The summed E-state index contributed by atoms with van der Waals surface area (Å²) in [4.78, 5) is 31.0. The minimum atomic E-state index is -0.229. The lowest BCUT2D eigenvalue weighted by atomic mass is 10.1. The van der Waals surface area contributed by atoms with Crippen LogP contribution >= 0.6 is 11.8 Å². The van der Waals surface area contributed by atoms with E-state index >= 15 is 0 Å². The number of nitrogens with zero attached hydrogens (tertiary/aromatic N) is 5. The van der Waals surface area contributed by atoms with Gasteiger partial charge in [0.15, 0.2) is 5.16 Å². The summed E-state index contributed by atoms with van der Waals surface area (Å²) in [6, 6.07) is 10.6. The van der Waals surface area contributed by atoms with Crippen molar-refractivity contribution in [3.05, 3.63) is 60.0 Å². The van der Waals surface area contributed by atoms with E-state index in [1.807, 2.05) is 38.2 Å². The molecule has 10 heteroatoms. The molecule has 0 radical (unpaired) electrons. The Balaban J connectivity index is 1.57. The van der Waals surface area contributed by atoms with E-state index < -0.39 is 0 Å². The molecular weight excluding hydrogens is 402 g/mol. The summed E-state index contributed by atoms with van der Waals surface area (Å²) in [5.41, 5.74) is 1.94. The van der Waals surface area contributed by atoms with Crippen molar-refractivity contribution in [2.75, 3.05) is 30.1 Å². The fourth-order valence-electron chi connectivity index (χ4n) is 2.72. The van der Waals surface area contributed by atoms with Gasteiger partial charge >= 0.3 is 0 Å². The van der Waals surface area contributed by atoms with Crippen molar-refractivity contribution < 1.29 is 9.59 Å². The van der Waals surface area contributed by atoms with E-state index in [1.165, 1.54) is 11.8 Å². The summed E-state index contributed by atoms with van der Waals surface area (Å²) in [5, 5.41) is 14.1. The zero-order valence-electron chi connectivity index (χ0n) is 17.0. The number of hydrogen-bond acceptors (Lipinski definition) is 7. The largest absolute Gasteiger partial charge is 0.362 e. The second-order valence-corrected chi connectivity index (χ2v) is 7.65. The van der Waals surface area contributed by atoms with Gasteiger partial charge in [0.25, 0.3) is 5.91 Å². The van der Waals surface area contributed by atoms with Gasteiger partial charge < -0.3 is 20.1 Å². The first kappa shape index (κ1) is 21.3. The van der Waals surface area contributed by atoms with Crippen molar-refractivity contribution in [3.8, 4) is 0 Å². The van der Waals surface area contributed by atoms with Crippen LogP contribution in [-0.4, -0.2) is 51.4 Å². The summed E-state index contributed by atoms with van der Waals surface area (Å²) in [6.45, 7) is 0.352. The maximum absolute atomic E-state index is 12.6. The van der Waals surface area contributed by atoms with E-state index in [-0.39, 0.29) is 17.6 Å². The monoisotopic (exact) mass is 425 g/mol. The van der Waals surface area contributed by atoms with Crippen LogP contribution in [0.3, 0.4) is 0 Å². The molecule has 0 bridgehead atoms. The van der Waals surface area contributed by atoms with Gasteiger partial charge in [-0.25, -0.2) is 4.98 Å². The lowest BCUT2D eigenvalue weighted by Crippen LogP contribution is -2.25. The maximum Gasteiger partial charge on any atom is 0.251 e. The van der Waals surface area contributed by atoms with E-state index in [0.29, 0.717) is 23.0 Å². The van der Waals surface area contributed by atoms with Crippen LogP contribution in [-0.2, 0) is 18.4 Å². The molecule has 3 aromatic rings. The summed E-state index contributed by atoms with van der Waals surface area (Å²) in [6.07, 6.45) is 3.30. The van der Waals surface area contributed by atoms with Crippen LogP contribution in [0.2, 0.25) is 0 Å². The number of carbonyl (C=O) groups is 2. The van der Waals surface area contributed by atoms with E-state index in [9.17, 15) is 9.59 Å². The molecule has 0 aliphatic carbocycles. The molecule has 3 rings (SSSR count). The molecule has 0 unspecified atom stereocenters. The highest BCUT2D eigenvalue weighted by Crippen LogP contribution is 2.17. The number of rotatable bonds is 8. The first-order valence-electron chi connectivity index (χ1n) is 9.20. The van der Waals surface area contributed by atoms with Crippen LogP contribution in [0.1, 0.15) is 15.9 Å². The van der Waals surface area contributed by atoms with E-state index in [2.05, 4.69) is 25.8 Å². The Kier molecular flexibility index (Phi) is 7.02. The third-order valence-corrected chi connectivity index (χ3v) is 5.18. The fourth-order valence-corrected chi connectivity index (χ4v) is 3.41. The molecule has 0 saturated carbocycles. The van der Waals surface area contributed by atoms with Gasteiger partial charge in [0.05, 0.1) is 5.75 Å². The van der Waals surface area contributed by atoms with Gasteiger partial charge in [0.1, 0.15) is 12.1 Å². The Labute approximate surface area is 178 Å². The molecule has 0 saturated heterocycles. The van der Waals surface area contributed by atoms with Crippen LogP contribution in [0.15, 0.2) is 54.1 Å². The molecular formula is C20H23N7O2S. The van der Waals surface area contributed by atoms with Gasteiger partial charge in [0, 0.05) is 50.7 Å². The number of aryl methyl sites for hydroxylation is 1. The summed E-state index contributed by atoms with van der Waals surface area (Å²) in [5.74, 6) is 0.580. The topological polar surface area (TPSA) is 105 Å². The number of aromatic nitrogens is 4. The van der Waals surface area contributed by atoms with Crippen molar-refractivity contribution in [2.45, 2.75) is 11.7 Å². The lowest BCUT2D eigenvalue weighted by molar-refractivity contribution is -0.113. The van der Waals surface area contributed by atoms with Crippen LogP contribution in [0.5, 0.6) is 0 Å². The van der Waals surface area contributed by atoms with Crippen molar-refractivity contribution in [2.24, 2.45) is 7.05 Å². The molecule has 156 valence electrons. The highest BCUT2D eigenvalue weighted by molar-refractivity contribution is 7.99. The standard InChI is InChI=1S/C20H23N7O2S/c1-26(2)18-15(7-5-9-21-18)11-22-19(29)14-6-4-8-16(10-14)24-17(28)12-30-20-25-23-13-27(20)3/h4-10,13H,11-12H2,1-3H3,(H,22,29)(H,24,28). The molecule has 0 spiro atoms. The van der Waals surface area contributed by atoms with Crippen LogP contribution in [0, 0.1) is 0 Å². The molecule has 30 heavy (non-hydrogen) atoms. The average molecular weight is 426 g/mol. The Morgan fingerprint density at radius 2 is 2.03 bits per heavy atom. The summed E-state index contributed by atoms with van der Waals surface area (Å²) < 4.78 is 1.74. The highest BCUT2D eigenvalue weighted by Gasteiger charge is 2.11. The van der Waals surface area contributed by atoms with E-state index in [0.717, 1.165) is 11.4 Å². The predicted molar refractivity (Wildman–Crippen MR) is 117 cm³/mol. The molecule has 9 nitrogen and oxygen atoms in total. The Hall–Kier alpha value is -3.40. The van der Waals surface area contributed by atoms with Gasteiger partial charge in [-0.2, -0.15) is 0 Å². The van der Waals surface area contributed by atoms with Gasteiger partial charge in [-0.1, -0.05) is 23.9 Å². The van der Waals surface area contributed by atoms with Crippen molar-refractivity contribution >= 4 is 35.1 Å². The third-order valence-electron chi connectivity index (χ3n) is 4.14. The van der Waals surface area contributed by atoms with E-state index in [1.54, 1.807) is 41.4 Å². The number of thioether (sulfide) groups is 1. The van der Waals surface area contributed by atoms with E-state index in [4.69, 9.17) is 0 Å². The predicted octanol–water partition coefficient (Wildman–Crippen LogP) is 1.94. The molecule has 0 fully saturated rings. The second-order valence-electron chi connectivity index (χ2n) is 6.71. The molecule has 2 heterocycles. The van der Waals surface area contributed by atoms with Crippen molar-refractivity contribution in [1.29, 1.82) is 0 Å². The molecule has 2 amide bonds. The quantitative estimate of drug-likeness (QED) is 0.531. The first-order valence-corrected chi connectivity index (χ1v) is 10.2. The van der Waals surface area contributed by atoms with Crippen molar-refractivity contribution in [3.63, 3.8) is 0 Å². The van der Waals surface area contributed by atoms with Crippen LogP contribution in [0.25, 0.3) is 0 Å². The molecule has 2 N–H and O–H groups in total. The first-order chi connectivity index (χ1) is 14.4. The second kappa shape index (κ2) is 9.88. The average Bonchev–Trinajstić information content (AvgIpc) is 3.15. The Morgan fingerprint density at radius 3 is 2.77 bits per heavy atom. The number of amides is 2. The Bertz CT molecular complexity index is 1040. The van der Waals surface area contributed by atoms with Crippen LogP contribution < -0.4 is 15.5 Å². The maximum atomic E-state index is 12.6. The van der Waals surface area contributed by atoms with Gasteiger partial charge in [0.2, 0.25) is 5.91 Å². The Morgan fingerprint density at radius 1 is 1.20 bits per heavy atom. The van der Waals surface area contributed by atoms with Gasteiger partial charge in [-0.05, 0) is 24.3 Å². The smallest absolute Gasteiger partial charge is 0.251 e. The minimum Gasteiger partial charge on any atom is -0.362 e. The third kappa shape index (κ3) is 5.57. The molecule has 0 aliphatic rings. The molecule has 0 aliphatic heterocycles. The van der Waals surface area contributed by atoms with Gasteiger partial charge in [-0.15, -0.1) is 10.2 Å². The fraction of sp³-hybridized carbons (Fsp3) is 0.250. The van der Waals surface area contributed by atoms with Gasteiger partial charge in [-0.3, -0.25) is 9.59 Å². The number of hydrogen-bond donors (Lipinski definition) is 2. The summed E-state index contributed by atoms with van der Waals surface area (Å²) in [7, 11) is 5.63. The molecule has 2 aromatic heterocycles. The van der Waals surface area contributed by atoms with Crippen LogP contribution in [0.4, 0.5) is 11.5 Å². The number of benzene rings is 1. The number of pyridine rings is 1. The zero-order valence-corrected chi connectivity index (χ0v) is 17.8. The highest BCUT2D eigenvalue weighted by atomic mass is 32.2. The molecule has 0 atom stereocenters. The SMILES string of the molecule is CN(C)c1ncccc1CNC(=O)c1cccc(NC(=O)CSc2nncn2C)c1. The molecule has 1 aromatic carbocycles. The number of carbonyl (C=O) groups excluding carboxylic acids is 2.